The van der Waals surface area contributed by atoms with Crippen LogP contribution in [0.4, 0.5) is 0 Å². The molecule has 0 bridgehead atoms. The second-order valence-corrected chi connectivity index (χ2v) is 6.22. The molecule has 1 heterocycles. The minimum Gasteiger partial charge on any atom is -0.507 e. The Morgan fingerprint density at radius 2 is 1.89 bits per heavy atom. The smallest absolute Gasteiger partial charge is 0.216 e. The van der Waals surface area contributed by atoms with Crippen LogP contribution in [0.5, 0.6) is 11.5 Å². The van der Waals surface area contributed by atoms with E-state index in [1.54, 1.807) is 19.4 Å². The predicted octanol–water partition coefficient (Wildman–Crippen LogP) is 4.36. The van der Waals surface area contributed by atoms with Gasteiger partial charge in [0, 0.05) is 5.56 Å². The number of aromatic nitrogens is 3. The zero-order chi connectivity index (χ0) is 18.8. The molecule has 0 radical (unpaired) electrons. The van der Waals surface area contributed by atoms with Crippen LogP contribution >= 0.6 is 12.2 Å². The number of hydrogen-bond acceptors (Lipinski definition) is 5. The molecule has 0 amide bonds. The van der Waals surface area contributed by atoms with Crippen molar-refractivity contribution in [1.29, 1.82) is 0 Å². The van der Waals surface area contributed by atoms with Crippen molar-refractivity contribution in [3.8, 4) is 22.9 Å². The number of phenolic OH excluding ortho intramolecular Hbond substituents is 1. The van der Waals surface area contributed by atoms with Crippen LogP contribution in [0, 0.1) is 4.77 Å². The van der Waals surface area contributed by atoms with Gasteiger partial charge < -0.3 is 9.84 Å². The summed E-state index contributed by atoms with van der Waals surface area (Å²) in [5.74, 6) is 1.33. The van der Waals surface area contributed by atoms with E-state index in [-0.39, 0.29) is 5.75 Å². The van der Waals surface area contributed by atoms with Gasteiger partial charge in [0.05, 0.1) is 18.9 Å². The SMILES string of the molecule is COc1ccccc1-c1n[nH]c(=S)n1/N=C/c1c(O)ccc2ccccc12. The summed E-state index contributed by atoms with van der Waals surface area (Å²) in [6, 6.07) is 18.8. The van der Waals surface area contributed by atoms with E-state index < -0.39 is 0 Å². The lowest BCUT2D eigenvalue weighted by Crippen LogP contribution is -1.97. The number of aromatic hydroxyl groups is 1. The molecule has 4 rings (SSSR count). The van der Waals surface area contributed by atoms with Crippen LogP contribution in [0.15, 0.2) is 65.8 Å². The molecule has 0 unspecified atom stereocenters. The van der Waals surface area contributed by atoms with Crippen molar-refractivity contribution in [2.24, 2.45) is 5.10 Å². The van der Waals surface area contributed by atoms with E-state index in [0.717, 1.165) is 16.3 Å². The van der Waals surface area contributed by atoms with Gasteiger partial charge >= 0.3 is 0 Å². The average molecular weight is 376 g/mol. The molecule has 0 aliphatic carbocycles. The summed E-state index contributed by atoms with van der Waals surface area (Å²) in [4.78, 5) is 0. The van der Waals surface area contributed by atoms with Gasteiger partial charge in [-0.05, 0) is 41.2 Å². The molecule has 2 N–H and O–H groups in total. The third-order valence-corrected chi connectivity index (χ3v) is 4.51. The lowest BCUT2D eigenvalue weighted by atomic mass is 10.0. The Morgan fingerprint density at radius 3 is 2.74 bits per heavy atom. The summed E-state index contributed by atoms with van der Waals surface area (Å²) in [5.41, 5.74) is 1.37. The second-order valence-electron chi connectivity index (χ2n) is 5.83. The molecule has 4 aromatic rings. The highest BCUT2D eigenvalue weighted by molar-refractivity contribution is 7.71. The molecular weight excluding hydrogens is 360 g/mol. The topological polar surface area (TPSA) is 75.4 Å². The molecule has 0 saturated heterocycles. The molecule has 0 aliphatic heterocycles. The molecule has 7 heteroatoms. The van der Waals surface area contributed by atoms with Gasteiger partial charge in [0.15, 0.2) is 5.82 Å². The van der Waals surface area contributed by atoms with Crippen LogP contribution in [-0.4, -0.2) is 33.3 Å². The molecule has 134 valence electrons. The van der Waals surface area contributed by atoms with Gasteiger partial charge in [0.25, 0.3) is 0 Å². The molecule has 0 atom stereocenters. The molecule has 0 spiro atoms. The standard InChI is InChI=1S/C20H16N4O2S/c1-26-18-9-5-4-8-15(18)19-22-23-20(27)24(19)21-12-16-14-7-3-2-6-13(14)10-11-17(16)25/h2-12,25H,1H3,(H,23,27)/b21-12+. The summed E-state index contributed by atoms with van der Waals surface area (Å²) < 4.78 is 7.26. The Labute approximate surface area is 160 Å². The molecule has 0 aliphatic rings. The number of methoxy groups -OCH3 is 1. The first-order valence-corrected chi connectivity index (χ1v) is 8.66. The van der Waals surface area contributed by atoms with Crippen LogP contribution < -0.4 is 4.74 Å². The lowest BCUT2D eigenvalue weighted by molar-refractivity contribution is 0.416. The van der Waals surface area contributed by atoms with Gasteiger partial charge in [-0.15, -0.1) is 0 Å². The maximum atomic E-state index is 10.3. The molecule has 3 aromatic carbocycles. The summed E-state index contributed by atoms with van der Waals surface area (Å²) >= 11 is 5.32. The Bertz CT molecular complexity index is 1210. The quantitative estimate of drug-likeness (QED) is 0.410. The van der Waals surface area contributed by atoms with Crippen molar-refractivity contribution >= 4 is 29.2 Å². The lowest BCUT2D eigenvalue weighted by Gasteiger charge is -2.07. The molecule has 0 fully saturated rings. The highest BCUT2D eigenvalue weighted by Crippen LogP contribution is 2.29. The first-order valence-electron chi connectivity index (χ1n) is 8.25. The number of para-hydroxylation sites is 1. The maximum absolute atomic E-state index is 10.3. The largest absolute Gasteiger partial charge is 0.507 e. The van der Waals surface area contributed by atoms with E-state index >= 15 is 0 Å². The Kier molecular flexibility index (Phi) is 4.43. The summed E-state index contributed by atoms with van der Waals surface area (Å²) in [7, 11) is 1.60. The van der Waals surface area contributed by atoms with Crippen molar-refractivity contribution in [2.45, 2.75) is 0 Å². The van der Waals surface area contributed by atoms with E-state index in [1.165, 1.54) is 4.68 Å². The number of nitrogens with one attached hydrogen (secondary N) is 1. The molecular formula is C20H16N4O2S. The molecule has 1 aromatic heterocycles. The fourth-order valence-corrected chi connectivity index (χ4v) is 3.12. The predicted molar refractivity (Wildman–Crippen MR) is 108 cm³/mol. The van der Waals surface area contributed by atoms with Gasteiger partial charge in [-0.2, -0.15) is 14.9 Å². The first-order chi connectivity index (χ1) is 13.2. The second kappa shape index (κ2) is 7.05. The Balaban J connectivity index is 1.85. The average Bonchev–Trinajstić information content (AvgIpc) is 3.07. The number of rotatable bonds is 4. The summed E-state index contributed by atoms with van der Waals surface area (Å²) in [6.07, 6.45) is 1.59. The third-order valence-electron chi connectivity index (χ3n) is 4.25. The Hall–Kier alpha value is -3.45. The number of H-pyrrole nitrogens is 1. The number of nitrogens with zero attached hydrogens (tertiary/aromatic N) is 3. The van der Waals surface area contributed by atoms with Crippen LogP contribution in [-0.2, 0) is 0 Å². The monoisotopic (exact) mass is 376 g/mol. The van der Waals surface area contributed by atoms with E-state index in [4.69, 9.17) is 17.0 Å². The van der Waals surface area contributed by atoms with E-state index in [9.17, 15) is 5.11 Å². The molecule has 27 heavy (non-hydrogen) atoms. The van der Waals surface area contributed by atoms with E-state index in [2.05, 4.69) is 15.3 Å². The van der Waals surface area contributed by atoms with Gasteiger partial charge in [-0.1, -0.05) is 42.5 Å². The summed E-state index contributed by atoms with van der Waals surface area (Å²) in [5, 5.41) is 23.7. The number of benzene rings is 3. The normalized spacial score (nSPS) is 11.3. The fraction of sp³-hybridized carbons (Fsp3) is 0.0500. The zero-order valence-corrected chi connectivity index (χ0v) is 15.3. The number of aromatic amines is 1. The number of fused-ring (bicyclic) bond motifs is 1. The molecule has 6 nitrogen and oxygen atoms in total. The van der Waals surface area contributed by atoms with Crippen LogP contribution in [0.1, 0.15) is 5.56 Å². The van der Waals surface area contributed by atoms with Crippen LogP contribution in [0.25, 0.3) is 22.2 Å². The van der Waals surface area contributed by atoms with Crippen molar-refractivity contribution in [3.63, 3.8) is 0 Å². The van der Waals surface area contributed by atoms with Gasteiger partial charge in [0.1, 0.15) is 11.5 Å². The third kappa shape index (κ3) is 3.09. The van der Waals surface area contributed by atoms with E-state index in [0.29, 0.717) is 21.9 Å². The van der Waals surface area contributed by atoms with Gasteiger partial charge in [-0.25, -0.2) is 5.10 Å². The van der Waals surface area contributed by atoms with Crippen LogP contribution in [0.3, 0.4) is 0 Å². The first kappa shape index (κ1) is 17.0. The zero-order valence-electron chi connectivity index (χ0n) is 14.5. The van der Waals surface area contributed by atoms with Crippen molar-refractivity contribution in [2.75, 3.05) is 7.11 Å². The van der Waals surface area contributed by atoms with Crippen molar-refractivity contribution in [3.05, 3.63) is 71.0 Å². The highest BCUT2D eigenvalue weighted by atomic mass is 32.1. The maximum Gasteiger partial charge on any atom is 0.216 e. The van der Waals surface area contributed by atoms with Crippen LogP contribution in [0.2, 0.25) is 0 Å². The summed E-state index contributed by atoms with van der Waals surface area (Å²) in [6.45, 7) is 0. The van der Waals surface area contributed by atoms with Crippen molar-refractivity contribution < 1.29 is 9.84 Å². The number of ether oxygens (including phenoxy) is 1. The molecule has 0 saturated carbocycles. The van der Waals surface area contributed by atoms with Gasteiger partial charge in [-0.3, -0.25) is 0 Å². The van der Waals surface area contributed by atoms with Gasteiger partial charge in [0.2, 0.25) is 4.77 Å². The number of phenols is 1. The highest BCUT2D eigenvalue weighted by Gasteiger charge is 2.13. The minimum absolute atomic E-state index is 0.145. The minimum atomic E-state index is 0.145. The van der Waals surface area contributed by atoms with Crippen molar-refractivity contribution in [1.82, 2.24) is 14.9 Å². The van der Waals surface area contributed by atoms with E-state index in [1.807, 2.05) is 54.6 Å². The number of hydrogen-bond donors (Lipinski definition) is 2. The Morgan fingerprint density at radius 1 is 1.11 bits per heavy atom. The fourth-order valence-electron chi connectivity index (χ4n) is 2.94.